The van der Waals surface area contributed by atoms with Gasteiger partial charge in [-0.1, -0.05) is 29.3 Å². The first-order valence-electron chi connectivity index (χ1n) is 13.3. The van der Waals surface area contributed by atoms with Crippen molar-refractivity contribution in [1.82, 2.24) is 10.1 Å². The quantitative estimate of drug-likeness (QED) is 0.344. The number of hydrogen-bond donors (Lipinski definition) is 1. The molecule has 2 aromatic heterocycles. The molecule has 38 heavy (non-hydrogen) atoms. The molecule has 3 fully saturated rings. The number of hydrogen-bond acceptors (Lipinski definition) is 7. The summed E-state index contributed by atoms with van der Waals surface area (Å²) in [6, 6.07) is 4.95. The number of carboxylic acid groups (broad SMARTS) is 1. The second-order valence-corrected chi connectivity index (χ2v) is 11.7. The molecule has 1 N–H and O–H groups in total. The molecule has 0 radical (unpaired) electrons. The first-order chi connectivity index (χ1) is 18.3. The molecule has 1 aromatic carbocycles. The van der Waals surface area contributed by atoms with E-state index in [1.807, 2.05) is 0 Å². The van der Waals surface area contributed by atoms with Gasteiger partial charge in [0.2, 0.25) is 0 Å². The normalized spacial score (nSPS) is 23.3. The summed E-state index contributed by atoms with van der Waals surface area (Å²) in [7, 11) is 0. The summed E-state index contributed by atoms with van der Waals surface area (Å²) in [5.41, 5.74) is 2.23. The average molecular weight is 550 g/mol. The highest BCUT2D eigenvalue weighted by molar-refractivity contribution is 7.22. The Morgan fingerprint density at radius 1 is 1.13 bits per heavy atom. The molecule has 0 amide bonds. The Bertz CT molecular complexity index is 1310. The molecule has 6 rings (SSSR count). The van der Waals surface area contributed by atoms with Crippen LogP contribution in [0.15, 0.2) is 22.7 Å². The smallest absolute Gasteiger partial charge is 0.392 e. The van der Waals surface area contributed by atoms with Gasteiger partial charge >= 0.3 is 12.1 Å². The summed E-state index contributed by atoms with van der Waals surface area (Å²) in [6.45, 7) is 1.71. The number of nitrogens with zero attached hydrogens (tertiary/aromatic N) is 3. The monoisotopic (exact) mass is 549 g/mol. The van der Waals surface area contributed by atoms with E-state index in [-0.39, 0.29) is 30.6 Å². The van der Waals surface area contributed by atoms with E-state index in [0.29, 0.717) is 18.5 Å². The molecular weight excluding hydrogens is 519 g/mol. The van der Waals surface area contributed by atoms with Gasteiger partial charge < -0.3 is 19.3 Å². The summed E-state index contributed by atoms with van der Waals surface area (Å²) in [5.74, 6) is -2.04. The molecule has 7 nitrogen and oxygen atoms in total. The number of anilines is 1. The number of carboxylic acids is 1. The lowest BCUT2D eigenvalue weighted by molar-refractivity contribution is -0.187. The Morgan fingerprint density at radius 3 is 2.61 bits per heavy atom. The standard InChI is InChI=1S/C27H30F3N3O4S/c28-27(29,30)20-4-2-1-3-18(20)23-19(24(37-32-23)15-5-6-15)14-36-17-9-11-33(12-10-17)26-31-21-8-7-16(25(34)35)13-22(21)38-26/h7-8,13,15,17-18,20H,1-6,9-12,14H2,(H,34,35)/t18-,20-/m1/s1. The average Bonchev–Trinajstić information content (AvgIpc) is 3.51. The highest BCUT2D eigenvalue weighted by Gasteiger charge is 2.48. The van der Waals surface area contributed by atoms with E-state index in [9.17, 15) is 23.1 Å². The van der Waals surface area contributed by atoms with Crippen molar-refractivity contribution >= 4 is 32.7 Å². The molecule has 0 spiro atoms. The van der Waals surface area contributed by atoms with Crippen LogP contribution in [0.5, 0.6) is 0 Å². The SMILES string of the molecule is O=C(O)c1ccc2nc(N3CCC(OCc4c([C@@H]5CCCC[C@H]5C(F)(F)F)noc4C4CC4)CC3)sc2c1. The molecule has 1 saturated heterocycles. The number of halogens is 3. The summed E-state index contributed by atoms with van der Waals surface area (Å²) in [4.78, 5) is 18.1. The molecule has 2 atom stereocenters. The topological polar surface area (TPSA) is 88.7 Å². The Labute approximate surface area is 222 Å². The third-order valence-electron chi connectivity index (χ3n) is 8.13. The number of piperidine rings is 1. The minimum Gasteiger partial charge on any atom is -0.478 e. The zero-order valence-corrected chi connectivity index (χ0v) is 21.7. The van der Waals surface area contributed by atoms with E-state index >= 15 is 0 Å². The number of fused-ring (bicyclic) bond motifs is 1. The number of rotatable bonds is 7. The van der Waals surface area contributed by atoms with E-state index in [1.165, 1.54) is 11.3 Å². The van der Waals surface area contributed by atoms with Crippen LogP contribution in [0.2, 0.25) is 0 Å². The fourth-order valence-electron chi connectivity index (χ4n) is 5.88. The van der Waals surface area contributed by atoms with Crippen LogP contribution >= 0.6 is 11.3 Å². The Kier molecular flexibility index (Phi) is 6.84. The zero-order chi connectivity index (χ0) is 26.4. The van der Waals surface area contributed by atoms with Gasteiger partial charge in [0.15, 0.2) is 5.13 Å². The third kappa shape index (κ3) is 5.14. The van der Waals surface area contributed by atoms with E-state index in [1.54, 1.807) is 18.2 Å². The molecule has 11 heteroatoms. The van der Waals surface area contributed by atoms with Gasteiger partial charge in [0, 0.05) is 30.5 Å². The Balaban J connectivity index is 1.12. The van der Waals surface area contributed by atoms with Gasteiger partial charge in [-0.25, -0.2) is 9.78 Å². The molecule has 3 heterocycles. The molecule has 2 aliphatic carbocycles. The van der Waals surface area contributed by atoms with Gasteiger partial charge in [0.05, 0.1) is 40.1 Å². The Morgan fingerprint density at radius 2 is 1.89 bits per heavy atom. The molecule has 204 valence electrons. The molecule has 0 unspecified atom stereocenters. The van der Waals surface area contributed by atoms with E-state index in [2.05, 4.69) is 15.0 Å². The minimum absolute atomic E-state index is 0.0150. The van der Waals surface area contributed by atoms with Gasteiger partial charge in [-0.05, 0) is 56.7 Å². The molecular formula is C27H30F3N3O4S. The number of benzene rings is 1. The summed E-state index contributed by atoms with van der Waals surface area (Å²) in [5, 5.41) is 14.3. The number of carbonyl (C=O) groups is 1. The van der Waals surface area contributed by atoms with Crippen molar-refractivity contribution < 1.29 is 32.3 Å². The number of alkyl halides is 3. The lowest BCUT2D eigenvalue weighted by Gasteiger charge is -2.33. The summed E-state index contributed by atoms with van der Waals surface area (Å²) >= 11 is 1.48. The van der Waals surface area contributed by atoms with Crippen LogP contribution in [-0.4, -0.2) is 46.6 Å². The number of aromatic carboxylic acids is 1. The fourth-order valence-corrected chi connectivity index (χ4v) is 6.94. The van der Waals surface area contributed by atoms with Crippen molar-refractivity contribution in [2.45, 2.75) is 82.1 Å². The van der Waals surface area contributed by atoms with Crippen LogP contribution in [0, 0.1) is 5.92 Å². The Hall–Kier alpha value is -2.66. The maximum atomic E-state index is 13.8. The maximum Gasteiger partial charge on any atom is 0.392 e. The number of aromatic nitrogens is 2. The highest BCUT2D eigenvalue weighted by Crippen LogP contribution is 2.50. The van der Waals surface area contributed by atoms with E-state index in [0.717, 1.165) is 71.9 Å². The molecule has 3 aliphatic rings. The molecule has 1 aliphatic heterocycles. The van der Waals surface area contributed by atoms with Crippen molar-refractivity contribution in [2.75, 3.05) is 18.0 Å². The van der Waals surface area contributed by atoms with Gasteiger partial charge in [-0.15, -0.1) is 0 Å². The van der Waals surface area contributed by atoms with E-state index < -0.39 is 24.0 Å². The fraction of sp³-hybridized carbons (Fsp3) is 0.593. The largest absolute Gasteiger partial charge is 0.478 e. The van der Waals surface area contributed by atoms with Crippen molar-refractivity contribution in [3.63, 3.8) is 0 Å². The first-order valence-corrected chi connectivity index (χ1v) is 14.1. The lowest BCUT2D eigenvalue weighted by Crippen LogP contribution is -2.37. The van der Waals surface area contributed by atoms with Crippen molar-refractivity contribution in [2.24, 2.45) is 5.92 Å². The third-order valence-corrected chi connectivity index (χ3v) is 9.21. The highest BCUT2D eigenvalue weighted by atomic mass is 32.1. The van der Waals surface area contributed by atoms with Gasteiger partial charge in [-0.3, -0.25) is 0 Å². The van der Waals surface area contributed by atoms with Gasteiger partial charge in [0.1, 0.15) is 5.76 Å². The van der Waals surface area contributed by atoms with Crippen LogP contribution < -0.4 is 4.90 Å². The molecule has 3 aromatic rings. The zero-order valence-electron chi connectivity index (χ0n) is 20.9. The van der Waals surface area contributed by atoms with Crippen LogP contribution in [0.3, 0.4) is 0 Å². The van der Waals surface area contributed by atoms with Crippen LogP contribution in [0.4, 0.5) is 18.3 Å². The van der Waals surface area contributed by atoms with Crippen LogP contribution in [0.1, 0.15) is 90.6 Å². The summed E-state index contributed by atoms with van der Waals surface area (Å²) in [6.07, 6.45) is 1.20. The predicted molar refractivity (Wildman–Crippen MR) is 136 cm³/mol. The number of ether oxygens (including phenoxy) is 1. The molecule has 0 bridgehead atoms. The second kappa shape index (κ2) is 10.1. The van der Waals surface area contributed by atoms with Crippen LogP contribution in [-0.2, 0) is 11.3 Å². The maximum absolute atomic E-state index is 13.8. The number of thiazole rings is 1. The minimum atomic E-state index is -4.25. The lowest BCUT2D eigenvalue weighted by atomic mass is 9.76. The van der Waals surface area contributed by atoms with E-state index in [4.69, 9.17) is 9.26 Å². The second-order valence-electron chi connectivity index (χ2n) is 10.7. The molecule has 2 saturated carbocycles. The van der Waals surface area contributed by atoms with Crippen molar-refractivity contribution in [1.29, 1.82) is 0 Å². The first kappa shape index (κ1) is 25.6. The van der Waals surface area contributed by atoms with Crippen molar-refractivity contribution in [3.8, 4) is 0 Å². The van der Waals surface area contributed by atoms with Crippen LogP contribution in [0.25, 0.3) is 10.2 Å². The van der Waals surface area contributed by atoms with Gasteiger partial charge in [-0.2, -0.15) is 13.2 Å². The predicted octanol–water partition coefficient (Wildman–Crippen LogP) is 6.88. The van der Waals surface area contributed by atoms with Gasteiger partial charge in [0.25, 0.3) is 0 Å². The summed E-state index contributed by atoms with van der Waals surface area (Å²) < 4.78 is 54.3. The van der Waals surface area contributed by atoms with Crippen molar-refractivity contribution in [3.05, 3.63) is 40.8 Å².